The molecule has 102 valence electrons. The Morgan fingerprint density at radius 3 is 3.00 bits per heavy atom. The number of aryl methyl sites for hydroxylation is 1. The van der Waals surface area contributed by atoms with Gasteiger partial charge in [-0.2, -0.15) is 0 Å². The van der Waals surface area contributed by atoms with E-state index in [-0.39, 0.29) is 12.5 Å². The maximum Gasteiger partial charge on any atom is 0.275 e. The van der Waals surface area contributed by atoms with E-state index in [1.165, 1.54) is 11.3 Å². The van der Waals surface area contributed by atoms with Gasteiger partial charge >= 0.3 is 0 Å². The van der Waals surface area contributed by atoms with Crippen LogP contribution in [0.15, 0.2) is 6.07 Å². The number of morpholine rings is 1. The lowest BCUT2D eigenvalue weighted by atomic mass is 10.2. The Labute approximate surface area is 116 Å². The van der Waals surface area contributed by atoms with Crippen LogP contribution in [0.25, 0.3) is 0 Å². The first kappa shape index (κ1) is 14.0. The van der Waals surface area contributed by atoms with E-state index in [9.17, 15) is 4.79 Å². The van der Waals surface area contributed by atoms with Gasteiger partial charge in [0.2, 0.25) is 0 Å². The van der Waals surface area contributed by atoms with Gasteiger partial charge in [0.15, 0.2) is 0 Å². The molecule has 1 aliphatic heterocycles. The number of carbonyl (C=O) groups is 1. The van der Waals surface area contributed by atoms with Gasteiger partial charge in [-0.05, 0) is 18.6 Å². The molecule has 2 N–H and O–H groups in total. The van der Waals surface area contributed by atoms with Gasteiger partial charge in [-0.1, -0.05) is 11.8 Å². The number of hydrogen-bond donors (Lipinski definition) is 2. The molecule has 1 fully saturated rings. The molecule has 1 aliphatic rings. The molecule has 2 heterocycles. The summed E-state index contributed by atoms with van der Waals surface area (Å²) in [5.41, 5.74) is 3.82. The fourth-order valence-corrected chi connectivity index (χ4v) is 2.65. The van der Waals surface area contributed by atoms with E-state index in [0.717, 1.165) is 10.4 Å². The quantitative estimate of drug-likeness (QED) is 0.769. The lowest BCUT2D eigenvalue weighted by Crippen LogP contribution is -2.48. The fourth-order valence-electron chi connectivity index (χ4n) is 1.71. The Morgan fingerprint density at radius 2 is 2.32 bits per heavy atom. The van der Waals surface area contributed by atoms with E-state index in [1.807, 2.05) is 18.0 Å². The average Bonchev–Trinajstić information content (AvgIpc) is 2.79. The van der Waals surface area contributed by atoms with Crippen molar-refractivity contribution in [2.75, 3.05) is 32.9 Å². The van der Waals surface area contributed by atoms with Gasteiger partial charge in [-0.15, -0.1) is 11.3 Å². The van der Waals surface area contributed by atoms with E-state index in [1.54, 1.807) is 0 Å². The molecule has 0 spiro atoms. The molecule has 1 aromatic rings. The van der Waals surface area contributed by atoms with Gasteiger partial charge in [-0.3, -0.25) is 10.2 Å². The summed E-state index contributed by atoms with van der Waals surface area (Å²) in [6.07, 6.45) is 0. The van der Waals surface area contributed by atoms with Crippen molar-refractivity contribution in [3.63, 3.8) is 0 Å². The van der Waals surface area contributed by atoms with Crippen LogP contribution in [0.2, 0.25) is 0 Å². The first-order chi connectivity index (χ1) is 9.20. The lowest BCUT2D eigenvalue weighted by Gasteiger charge is -2.26. The molecule has 0 radical (unpaired) electrons. The molecule has 1 saturated heterocycles. The van der Waals surface area contributed by atoms with Gasteiger partial charge in [0.1, 0.15) is 6.61 Å². The number of ether oxygens (including phenoxy) is 1. The third-order valence-corrected chi connectivity index (χ3v) is 3.84. The molecule has 0 unspecified atom stereocenters. The number of thiophene rings is 1. The number of aliphatic hydroxyl groups is 1. The Bertz CT molecular complexity index is 510. The molecule has 0 bridgehead atoms. The normalized spacial score (nSPS) is 15.7. The number of hydrogen-bond acceptors (Lipinski definition) is 5. The Hall–Kier alpha value is -1.39. The minimum absolute atomic E-state index is 0.118. The zero-order chi connectivity index (χ0) is 13.7. The topological polar surface area (TPSA) is 61.8 Å². The fraction of sp³-hybridized carbons (Fsp3) is 0.462. The maximum absolute atomic E-state index is 12.1. The number of rotatable bonds is 2. The third kappa shape index (κ3) is 3.78. The standard InChI is InChI=1S/C13H16N2O3S/c1-10-9-12(19-11(10)3-2-6-16)13(17)14-15-4-7-18-8-5-15/h9,16H,4-8H2,1H3,(H,14,17). The average molecular weight is 280 g/mol. The Morgan fingerprint density at radius 1 is 1.58 bits per heavy atom. The van der Waals surface area contributed by atoms with Gasteiger partial charge in [0.05, 0.1) is 23.0 Å². The zero-order valence-corrected chi connectivity index (χ0v) is 11.5. The summed E-state index contributed by atoms with van der Waals surface area (Å²) in [5.74, 6) is 5.32. The Kier molecular flexibility index (Phi) is 4.93. The van der Waals surface area contributed by atoms with Crippen molar-refractivity contribution in [2.45, 2.75) is 6.92 Å². The van der Waals surface area contributed by atoms with Crippen LogP contribution in [0.1, 0.15) is 20.1 Å². The molecular weight excluding hydrogens is 264 g/mol. The number of aliphatic hydroxyl groups excluding tert-OH is 1. The lowest BCUT2D eigenvalue weighted by molar-refractivity contribution is 0.0127. The number of nitrogens with zero attached hydrogens (tertiary/aromatic N) is 1. The summed E-state index contributed by atoms with van der Waals surface area (Å²) in [5, 5.41) is 10.5. The summed E-state index contributed by atoms with van der Waals surface area (Å²) in [7, 11) is 0. The maximum atomic E-state index is 12.1. The monoisotopic (exact) mass is 280 g/mol. The molecule has 5 nitrogen and oxygen atoms in total. The second-order valence-corrected chi connectivity index (χ2v) is 5.18. The van der Waals surface area contributed by atoms with Crippen molar-refractivity contribution in [1.29, 1.82) is 0 Å². The first-order valence-electron chi connectivity index (χ1n) is 6.04. The zero-order valence-electron chi connectivity index (χ0n) is 10.7. The van der Waals surface area contributed by atoms with Crippen LogP contribution in [0.4, 0.5) is 0 Å². The predicted molar refractivity (Wildman–Crippen MR) is 72.9 cm³/mol. The summed E-state index contributed by atoms with van der Waals surface area (Å²) < 4.78 is 5.22. The molecule has 19 heavy (non-hydrogen) atoms. The summed E-state index contributed by atoms with van der Waals surface area (Å²) in [6.45, 7) is 4.41. The minimum atomic E-state index is -0.174. The van der Waals surface area contributed by atoms with Crippen molar-refractivity contribution < 1.29 is 14.6 Å². The van der Waals surface area contributed by atoms with Crippen molar-refractivity contribution in [3.8, 4) is 11.8 Å². The summed E-state index contributed by atoms with van der Waals surface area (Å²) in [4.78, 5) is 13.5. The van der Waals surface area contributed by atoms with Gasteiger partial charge in [0.25, 0.3) is 5.91 Å². The van der Waals surface area contributed by atoms with E-state index >= 15 is 0 Å². The van der Waals surface area contributed by atoms with Gasteiger partial charge < -0.3 is 9.84 Å². The van der Waals surface area contributed by atoms with Crippen LogP contribution in [-0.4, -0.2) is 48.9 Å². The molecule has 6 heteroatoms. The van der Waals surface area contributed by atoms with Crippen molar-refractivity contribution in [1.82, 2.24) is 10.4 Å². The van der Waals surface area contributed by atoms with Gasteiger partial charge in [-0.25, -0.2) is 5.01 Å². The molecule has 0 aliphatic carbocycles. The number of nitrogens with one attached hydrogen (secondary N) is 1. The molecule has 0 atom stereocenters. The number of hydrazine groups is 1. The van der Waals surface area contributed by atoms with Crippen LogP contribution in [0.5, 0.6) is 0 Å². The Balaban J connectivity index is 2.02. The van der Waals surface area contributed by atoms with Crippen LogP contribution in [0.3, 0.4) is 0 Å². The summed E-state index contributed by atoms with van der Waals surface area (Å²) >= 11 is 1.34. The highest BCUT2D eigenvalue weighted by atomic mass is 32.1. The smallest absolute Gasteiger partial charge is 0.275 e. The highest BCUT2D eigenvalue weighted by Crippen LogP contribution is 2.20. The highest BCUT2D eigenvalue weighted by molar-refractivity contribution is 7.14. The molecule has 0 saturated carbocycles. The molecule has 1 aromatic heterocycles. The van der Waals surface area contributed by atoms with Crippen LogP contribution < -0.4 is 5.43 Å². The SMILES string of the molecule is Cc1cc(C(=O)NN2CCOCC2)sc1C#CCO. The van der Waals surface area contributed by atoms with Crippen molar-refractivity contribution in [2.24, 2.45) is 0 Å². The van der Waals surface area contributed by atoms with E-state index in [4.69, 9.17) is 9.84 Å². The van der Waals surface area contributed by atoms with Crippen molar-refractivity contribution >= 4 is 17.2 Å². The van der Waals surface area contributed by atoms with E-state index in [2.05, 4.69) is 17.3 Å². The minimum Gasteiger partial charge on any atom is -0.384 e. The molecule has 1 amide bonds. The van der Waals surface area contributed by atoms with Crippen LogP contribution in [0, 0.1) is 18.8 Å². The van der Waals surface area contributed by atoms with Crippen LogP contribution >= 0.6 is 11.3 Å². The van der Waals surface area contributed by atoms with Crippen molar-refractivity contribution in [3.05, 3.63) is 21.4 Å². The number of amides is 1. The molecular formula is C13H16N2O3S. The van der Waals surface area contributed by atoms with E-state index < -0.39 is 0 Å². The first-order valence-corrected chi connectivity index (χ1v) is 6.86. The van der Waals surface area contributed by atoms with E-state index in [0.29, 0.717) is 31.2 Å². The summed E-state index contributed by atoms with van der Waals surface area (Å²) in [6, 6.07) is 1.82. The van der Waals surface area contributed by atoms with Crippen LogP contribution in [-0.2, 0) is 4.74 Å². The molecule has 2 rings (SSSR count). The predicted octanol–water partition coefficient (Wildman–Crippen LogP) is 0.377. The molecule has 0 aromatic carbocycles. The largest absolute Gasteiger partial charge is 0.384 e. The second kappa shape index (κ2) is 6.68. The second-order valence-electron chi connectivity index (χ2n) is 4.12. The van der Waals surface area contributed by atoms with Gasteiger partial charge in [0, 0.05) is 13.1 Å². The highest BCUT2D eigenvalue weighted by Gasteiger charge is 2.16. The number of carbonyl (C=O) groups excluding carboxylic acids is 1. The third-order valence-electron chi connectivity index (χ3n) is 2.69.